The van der Waals surface area contributed by atoms with Gasteiger partial charge in [-0.25, -0.2) is 4.39 Å². The SMILES string of the molecule is CCCCOc1ccc2c(c1)c(C)c(-c1ccc(F)cc1)n2Cc1ccc(OCCCC(=O)O)cc1. The Morgan fingerprint density at radius 2 is 1.58 bits per heavy atom. The van der Waals surface area contributed by atoms with E-state index in [9.17, 15) is 9.18 Å². The van der Waals surface area contributed by atoms with Crippen LogP contribution >= 0.6 is 0 Å². The third kappa shape index (κ3) is 6.06. The molecular formula is C30H32FNO4. The van der Waals surface area contributed by atoms with E-state index in [0.29, 0.717) is 31.9 Å². The molecule has 4 aromatic rings. The first-order valence-electron chi connectivity index (χ1n) is 12.4. The van der Waals surface area contributed by atoms with Crippen molar-refractivity contribution in [1.29, 1.82) is 0 Å². The Bertz CT molecular complexity index is 1310. The minimum absolute atomic E-state index is 0.0929. The van der Waals surface area contributed by atoms with E-state index in [-0.39, 0.29) is 12.2 Å². The second-order valence-electron chi connectivity index (χ2n) is 8.94. The number of ether oxygens (including phenoxy) is 2. The van der Waals surface area contributed by atoms with E-state index in [4.69, 9.17) is 14.6 Å². The number of benzene rings is 3. The monoisotopic (exact) mass is 489 g/mol. The summed E-state index contributed by atoms with van der Waals surface area (Å²) in [5, 5.41) is 9.88. The molecule has 0 amide bonds. The van der Waals surface area contributed by atoms with Crippen molar-refractivity contribution in [2.24, 2.45) is 0 Å². The first kappa shape index (κ1) is 25.3. The van der Waals surface area contributed by atoms with Crippen LogP contribution in [-0.2, 0) is 11.3 Å². The summed E-state index contributed by atoms with van der Waals surface area (Å²) in [6.45, 7) is 5.93. The van der Waals surface area contributed by atoms with Gasteiger partial charge in [0.05, 0.1) is 18.9 Å². The fourth-order valence-electron chi connectivity index (χ4n) is 4.36. The van der Waals surface area contributed by atoms with Crippen molar-refractivity contribution in [3.8, 4) is 22.8 Å². The number of carboxylic acids is 1. The van der Waals surface area contributed by atoms with Crippen molar-refractivity contribution >= 4 is 16.9 Å². The number of unbranched alkanes of at least 4 members (excludes halogenated alkanes) is 1. The number of fused-ring (bicyclic) bond motifs is 1. The maximum atomic E-state index is 13.7. The number of aromatic nitrogens is 1. The van der Waals surface area contributed by atoms with E-state index in [0.717, 1.165) is 51.9 Å². The maximum Gasteiger partial charge on any atom is 0.303 e. The van der Waals surface area contributed by atoms with E-state index in [1.807, 2.05) is 42.5 Å². The van der Waals surface area contributed by atoms with Crippen LogP contribution in [0.25, 0.3) is 22.2 Å². The summed E-state index contributed by atoms with van der Waals surface area (Å²) in [5.41, 5.74) is 5.30. The fraction of sp³-hybridized carbons (Fsp3) is 0.300. The molecule has 1 aromatic heterocycles. The lowest BCUT2D eigenvalue weighted by atomic mass is 10.1. The van der Waals surface area contributed by atoms with Crippen molar-refractivity contribution in [1.82, 2.24) is 4.57 Å². The van der Waals surface area contributed by atoms with Gasteiger partial charge in [0.1, 0.15) is 17.3 Å². The number of aliphatic carboxylic acids is 1. The normalized spacial score (nSPS) is 11.1. The Morgan fingerprint density at radius 1 is 0.917 bits per heavy atom. The number of nitrogens with zero attached hydrogens (tertiary/aromatic N) is 1. The lowest BCUT2D eigenvalue weighted by molar-refractivity contribution is -0.137. The molecule has 188 valence electrons. The minimum Gasteiger partial charge on any atom is -0.494 e. The molecule has 6 heteroatoms. The van der Waals surface area contributed by atoms with Gasteiger partial charge in [-0.3, -0.25) is 4.79 Å². The average Bonchev–Trinajstić information content (AvgIpc) is 3.14. The number of rotatable bonds is 12. The molecule has 0 aliphatic rings. The maximum absolute atomic E-state index is 13.7. The van der Waals surface area contributed by atoms with Crippen molar-refractivity contribution in [2.45, 2.75) is 46.1 Å². The third-order valence-electron chi connectivity index (χ3n) is 6.24. The Labute approximate surface area is 211 Å². The Hall–Kier alpha value is -3.80. The standard InChI is InChI=1S/C30H32FNO4/c1-3-4-17-36-26-15-16-28-27(19-26)21(2)30(23-9-11-24(31)12-10-23)32(28)20-22-7-13-25(14-8-22)35-18-5-6-29(33)34/h7-16,19H,3-6,17-18,20H2,1-2H3,(H,33,34). The van der Waals surface area contributed by atoms with Gasteiger partial charge < -0.3 is 19.1 Å². The van der Waals surface area contributed by atoms with Crippen LogP contribution in [-0.4, -0.2) is 28.9 Å². The molecule has 0 saturated carbocycles. The molecule has 0 saturated heterocycles. The first-order valence-corrected chi connectivity index (χ1v) is 12.4. The van der Waals surface area contributed by atoms with Gasteiger partial charge in [-0.2, -0.15) is 0 Å². The fourth-order valence-corrected chi connectivity index (χ4v) is 4.36. The molecule has 0 atom stereocenters. The number of aryl methyl sites for hydroxylation is 1. The van der Waals surface area contributed by atoms with E-state index < -0.39 is 5.97 Å². The predicted octanol–water partition coefficient (Wildman–Crippen LogP) is 7.23. The van der Waals surface area contributed by atoms with Crippen LogP contribution in [0.3, 0.4) is 0 Å². The first-order chi connectivity index (χ1) is 17.5. The van der Waals surface area contributed by atoms with Gasteiger partial charge in [0.2, 0.25) is 0 Å². The zero-order valence-electron chi connectivity index (χ0n) is 20.8. The third-order valence-corrected chi connectivity index (χ3v) is 6.24. The van der Waals surface area contributed by atoms with Gasteiger partial charge in [0.15, 0.2) is 0 Å². The zero-order valence-corrected chi connectivity index (χ0v) is 20.8. The molecule has 4 rings (SSSR count). The topological polar surface area (TPSA) is 60.7 Å². The molecule has 0 radical (unpaired) electrons. The highest BCUT2D eigenvalue weighted by atomic mass is 19.1. The number of carboxylic acid groups (broad SMARTS) is 1. The van der Waals surface area contributed by atoms with Crippen molar-refractivity contribution in [2.75, 3.05) is 13.2 Å². The minimum atomic E-state index is -0.820. The lowest BCUT2D eigenvalue weighted by Crippen LogP contribution is -2.04. The molecule has 5 nitrogen and oxygen atoms in total. The zero-order chi connectivity index (χ0) is 25.5. The highest BCUT2D eigenvalue weighted by Crippen LogP contribution is 2.36. The van der Waals surface area contributed by atoms with Crippen LogP contribution in [0.1, 0.15) is 43.7 Å². The summed E-state index contributed by atoms with van der Waals surface area (Å²) < 4.78 is 27.6. The van der Waals surface area contributed by atoms with Crippen molar-refractivity contribution in [3.05, 3.63) is 83.7 Å². The van der Waals surface area contributed by atoms with Gasteiger partial charge in [-0.15, -0.1) is 0 Å². The Balaban J connectivity index is 1.64. The Kier molecular flexibility index (Phi) is 8.26. The largest absolute Gasteiger partial charge is 0.494 e. The molecule has 0 bridgehead atoms. The van der Waals surface area contributed by atoms with Gasteiger partial charge >= 0.3 is 5.97 Å². The molecule has 1 N–H and O–H groups in total. The summed E-state index contributed by atoms with van der Waals surface area (Å²) in [4.78, 5) is 10.7. The summed E-state index contributed by atoms with van der Waals surface area (Å²) in [6.07, 6.45) is 2.66. The molecule has 36 heavy (non-hydrogen) atoms. The van der Waals surface area contributed by atoms with E-state index in [1.54, 1.807) is 0 Å². The van der Waals surface area contributed by atoms with Gasteiger partial charge in [-0.05, 0) is 91.1 Å². The predicted molar refractivity (Wildman–Crippen MR) is 140 cm³/mol. The molecule has 0 fully saturated rings. The van der Waals surface area contributed by atoms with Crippen LogP contribution in [0.4, 0.5) is 4.39 Å². The van der Waals surface area contributed by atoms with Gasteiger partial charge in [0, 0.05) is 23.9 Å². The highest BCUT2D eigenvalue weighted by molar-refractivity contribution is 5.92. The number of halogens is 1. The summed E-state index contributed by atoms with van der Waals surface area (Å²) in [6, 6.07) is 20.7. The average molecular weight is 490 g/mol. The van der Waals surface area contributed by atoms with Crippen LogP contribution < -0.4 is 9.47 Å². The molecule has 1 heterocycles. The van der Waals surface area contributed by atoms with Crippen LogP contribution in [0.15, 0.2) is 66.7 Å². The van der Waals surface area contributed by atoms with Crippen LogP contribution in [0.2, 0.25) is 0 Å². The second-order valence-corrected chi connectivity index (χ2v) is 8.94. The van der Waals surface area contributed by atoms with E-state index in [2.05, 4.69) is 30.5 Å². The van der Waals surface area contributed by atoms with Gasteiger partial charge in [-0.1, -0.05) is 25.5 Å². The summed E-state index contributed by atoms with van der Waals surface area (Å²) >= 11 is 0. The smallest absolute Gasteiger partial charge is 0.303 e. The molecule has 0 aliphatic heterocycles. The quantitative estimate of drug-likeness (QED) is 0.213. The highest BCUT2D eigenvalue weighted by Gasteiger charge is 2.17. The Morgan fingerprint density at radius 3 is 2.28 bits per heavy atom. The van der Waals surface area contributed by atoms with Crippen LogP contribution in [0, 0.1) is 12.7 Å². The molecular weight excluding hydrogens is 457 g/mol. The van der Waals surface area contributed by atoms with E-state index in [1.165, 1.54) is 12.1 Å². The number of carbonyl (C=O) groups is 1. The van der Waals surface area contributed by atoms with Crippen LogP contribution in [0.5, 0.6) is 11.5 Å². The number of hydrogen-bond donors (Lipinski definition) is 1. The molecule has 0 unspecified atom stereocenters. The summed E-state index contributed by atoms with van der Waals surface area (Å²) in [7, 11) is 0. The van der Waals surface area contributed by atoms with Crippen molar-refractivity contribution in [3.63, 3.8) is 0 Å². The number of hydrogen-bond acceptors (Lipinski definition) is 3. The van der Waals surface area contributed by atoms with Gasteiger partial charge in [0.25, 0.3) is 0 Å². The molecule has 0 spiro atoms. The second kappa shape index (κ2) is 11.8. The lowest BCUT2D eigenvalue weighted by Gasteiger charge is -2.13. The molecule has 0 aliphatic carbocycles. The summed E-state index contributed by atoms with van der Waals surface area (Å²) in [5.74, 6) is 0.487. The van der Waals surface area contributed by atoms with Crippen molar-refractivity contribution < 1.29 is 23.8 Å². The van der Waals surface area contributed by atoms with E-state index >= 15 is 0 Å². The molecule has 3 aromatic carbocycles.